The molecule has 0 unspecified atom stereocenters. The van der Waals surface area contributed by atoms with Crippen LogP contribution in [0.1, 0.15) is 25.1 Å². The minimum absolute atomic E-state index is 0.701. The van der Waals surface area contributed by atoms with Crippen molar-refractivity contribution in [3.05, 3.63) is 41.7 Å². The average Bonchev–Trinajstić information content (AvgIpc) is 2.79. The summed E-state index contributed by atoms with van der Waals surface area (Å²) >= 11 is 0. The fourth-order valence-electron chi connectivity index (χ4n) is 1.92. The standard InChI is InChI=1S/C15H21N3O/c1-4-18-11-15(12(3)17-18)16-10-13-6-8-14(9-7-13)19-5-2/h6-9,11,16H,4-5,10H2,1-3H3. The summed E-state index contributed by atoms with van der Waals surface area (Å²) in [5.74, 6) is 0.918. The van der Waals surface area contributed by atoms with E-state index >= 15 is 0 Å². The van der Waals surface area contributed by atoms with Crippen molar-refractivity contribution >= 4 is 5.69 Å². The first-order chi connectivity index (χ1) is 9.22. The predicted octanol–water partition coefficient (Wildman–Crippen LogP) is 3.22. The molecule has 1 N–H and O–H groups in total. The van der Waals surface area contributed by atoms with Crippen LogP contribution in [0, 0.1) is 6.92 Å². The molecule has 0 aliphatic carbocycles. The molecule has 2 rings (SSSR count). The Kier molecular flexibility index (Phi) is 4.44. The summed E-state index contributed by atoms with van der Waals surface area (Å²) in [6, 6.07) is 8.17. The predicted molar refractivity (Wildman–Crippen MR) is 77.6 cm³/mol. The molecule has 2 aromatic rings. The van der Waals surface area contributed by atoms with Gasteiger partial charge in [-0.2, -0.15) is 5.10 Å². The van der Waals surface area contributed by atoms with E-state index in [9.17, 15) is 0 Å². The molecule has 102 valence electrons. The molecule has 0 saturated carbocycles. The number of anilines is 1. The second-order valence-corrected chi connectivity index (χ2v) is 4.41. The fourth-order valence-corrected chi connectivity index (χ4v) is 1.92. The first kappa shape index (κ1) is 13.5. The number of hydrogen-bond donors (Lipinski definition) is 1. The van der Waals surface area contributed by atoms with Crippen LogP contribution in [0.15, 0.2) is 30.5 Å². The van der Waals surface area contributed by atoms with E-state index in [4.69, 9.17) is 4.74 Å². The van der Waals surface area contributed by atoms with Crippen LogP contribution in [0.4, 0.5) is 5.69 Å². The highest BCUT2D eigenvalue weighted by Crippen LogP contribution is 2.16. The monoisotopic (exact) mass is 259 g/mol. The number of aromatic nitrogens is 2. The SMILES string of the molecule is CCOc1ccc(CNc2cn(CC)nc2C)cc1. The summed E-state index contributed by atoms with van der Waals surface area (Å²) in [7, 11) is 0. The number of hydrogen-bond acceptors (Lipinski definition) is 3. The fraction of sp³-hybridized carbons (Fsp3) is 0.400. The van der Waals surface area contributed by atoms with E-state index in [1.54, 1.807) is 0 Å². The Morgan fingerprint density at radius 2 is 1.95 bits per heavy atom. The number of nitrogens with one attached hydrogen (secondary N) is 1. The maximum atomic E-state index is 5.43. The lowest BCUT2D eigenvalue weighted by atomic mass is 10.2. The average molecular weight is 259 g/mol. The molecule has 0 aliphatic heterocycles. The van der Waals surface area contributed by atoms with Crippen molar-refractivity contribution in [2.75, 3.05) is 11.9 Å². The summed E-state index contributed by atoms with van der Waals surface area (Å²) in [4.78, 5) is 0. The van der Waals surface area contributed by atoms with Gasteiger partial charge in [0.05, 0.1) is 18.0 Å². The summed E-state index contributed by atoms with van der Waals surface area (Å²) in [6.45, 7) is 8.49. The van der Waals surface area contributed by atoms with Crippen molar-refractivity contribution in [1.29, 1.82) is 0 Å². The maximum Gasteiger partial charge on any atom is 0.119 e. The maximum absolute atomic E-state index is 5.43. The van der Waals surface area contributed by atoms with E-state index in [0.717, 1.165) is 30.2 Å². The number of aryl methyl sites for hydroxylation is 2. The summed E-state index contributed by atoms with van der Waals surface area (Å²) < 4.78 is 7.37. The summed E-state index contributed by atoms with van der Waals surface area (Å²) in [6.07, 6.45) is 2.05. The molecule has 1 heterocycles. The van der Waals surface area contributed by atoms with Gasteiger partial charge < -0.3 is 10.1 Å². The van der Waals surface area contributed by atoms with Crippen molar-refractivity contribution in [2.24, 2.45) is 0 Å². The van der Waals surface area contributed by atoms with Crippen LogP contribution in [0.3, 0.4) is 0 Å². The first-order valence-electron chi connectivity index (χ1n) is 6.72. The molecule has 0 bridgehead atoms. The van der Waals surface area contributed by atoms with Gasteiger partial charge in [0.15, 0.2) is 0 Å². The van der Waals surface area contributed by atoms with E-state index in [2.05, 4.69) is 29.5 Å². The van der Waals surface area contributed by atoms with Gasteiger partial charge in [0, 0.05) is 19.3 Å². The van der Waals surface area contributed by atoms with Gasteiger partial charge in [-0.15, -0.1) is 0 Å². The third kappa shape index (κ3) is 3.50. The van der Waals surface area contributed by atoms with E-state index in [1.807, 2.05) is 36.9 Å². The highest BCUT2D eigenvalue weighted by Gasteiger charge is 2.03. The molecule has 0 radical (unpaired) electrons. The minimum Gasteiger partial charge on any atom is -0.494 e. The quantitative estimate of drug-likeness (QED) is 0.865. The van der Waals surface area contributed by atoms with Gasteiger partial charge in [0.2, 0.25) is 0 Å². The largest absolute Gasteiger partial charge is 0.494 e. The zero-order valence-corrected chi connectivity index (χ0v) is 11.8. The Labute approximate surface area is 114 Å². The molecule has 0 aliphatic rings. The van der Waals surface area contributed by atoms with Gasteiger partial charge in [-0.25, -0.2) is 0 Å². The third-order valence-electron chi connectivity index (χ3n) is 2.99. The van der Waals surface area contributed by atoms with Crippen molar-refractivity contribution in [1.82, 2.24) is 9.78 Å². The lowest BCUT2D eigenvalue weighted by Gasteiger charge is -2.07. The Hall–Kier alpha value is -1.97. The van der Waals surface area contributed by atoms with Crippen LogP contribution < -0.4 is 10.1 Å². The number of benzene rings is 1. The van der Waals surface area contributed by atoms with Crippen LogP contribution in [0.25, 0.3) is 0 Å². The van der Waals surface area contributed by atoms with Gasteiger partial charge in [0.1, 0.15) is 5.75 Å². The van der Waals surface area contributed by atoms with E-state index in [0.29, 0.717) is 6.61 Å². The highest BCUT2D eigenvalue weighted by atomic mass is 16.5. The van der Waals surface area contributed by atoms with Crippen LogP contribution in [-0.2, 0) is 13.1 Å². The number of ether oxygens (including phenoxy) is 1. The Bertz CT molecular complexity index is 517. The number of nitrogens with zero attached hydrogens (tertiary/aromatic N) is 2. The van der Waals surface area contributed by atoms with E-state index in [-0.39, 0.29) is 0 Å². The lowest BCUT2D eigenvalue weighted by molar-refractivity contribution is 0.340. The molecule has 4 heteroatoms. The molecule has 0 saturated heterocycles. The smallest absolute Gasteiger partial charge is 0.119 e. The molecule has 4 nitrogen and oxygen atoms in total. The molecular weight excluding hydrogens is 238 g/mol. The second kappa shape index (κ2) is 6.27. The molecule has 19 heavy (non-hydrogen) atoms. The molecule has 1 aromatic heterocycles. The van der Waals surface area contributed by atoms with Crippen LogP contribution in [-0.4, -0.2) is 16.4 Å². The first-order valence-corrected chi connectivity index (χ1v) is 6.72. The van der Waals surface area contributed by atoms with E-state index < -0.39 is 0 Å². The summed E-state index contributed by atoms with van der Waals surface area (Å²) in [5.41, 5.74) is 3.36. The third-order valence-corrected chi connectivity index (χ3v) is 2.99. The molecule has 0 amide bonds. The second-order valence-electron chi connectivity index (χ2n) is 4.41. The number of rotatable bonds is 6. The molecule has 1 aromatic carbocycles. The zero-order chi connectivity index (χ0) is 13.7. The molecule has 0 atom stereocenters. The Balaban J connectivity index is 1.95. The highest BCUT2D eigenvalue weighted by molar-refractivity contribution is 5.46. The van der Waals surface area contributed by atoms with Crippen LogP contribution in [0.5, 0.6) is 5.75 Å². The molecule has 0 spiro atoms. The van der Waals surface area contributed by atoms with E-state index in [1.165, 1.54) is 5.56 Å². The van der Waals surface area contributed by atoms with Crippen molar-refractivity contribution in [3.8, 4) is 5.75 Å². The van der Waals surface area contributed by atoms with Crippen molar-refractivity contribution in [3.63, 3.8) is 0 Å². The van der Waals surface area contributed by atoms with Crippen molar-refractivity contribution in [2.45, 2.75) is 33.9 Å². The van der Waals surface area contributed by atoms with Gasteiger partial charge in [-0.1, -0.05) is 12.1 Å². The minimum atomic E-state index is 0.701. The Morgan fingerprint density at radius 3 is 2.53 bits per heavy atom. The molecular formula is C15H21N3O. The lowest BCUT2D eigenvalue weighted by Crippen LogP contribution is -2.00. The van der Waals surface area contributed by atoms with Crippen LogP contribution >= 0.6 is 0 Å². The molecule has 0 fully saturated rings. The van der Waals surface area contributed by atoms with Gasteiger partial charge in [-0.05, 0) is 38.5 Å². The normalized spacial score (nSPS) is 10.5. The Morgan fingerprint density at radius 1 is 1.21 bits per heavy atom. The topological polar surface area (TPSA) is 39.1 Å². The van der Waals surface area contributed by atoms with Gasteiger partial charge in [-0.3, -0.25) is 4.68 Å². The summed E-state index contributed by atoms with van der Waals surface area (Å²) in [5, 5.41) is 7.83. The van der Waals surface area contributed by atoms with Crippen LogP contribution in [0.2, 0.25) is 0 Å². The van der Waals surface area contributed by atoms with Gasteiger partial charge in [0.25, 0.3) is 0 Å². The zero-order valence-electron chi connectivity index (χ0n) is 11.8. The van der Waals surface area contributed by atoms with Gasteiger partial charge >= 0.3 is 0 Å². The van der Waals surface area contributed by atoms with Crippen molar-refractivity contribution < 1.29 is 4.74 Å².